The highest BCUT2D eigenvalue weighted by Gasteiger charge is 2.39. The first-order valence-electron chi connectivity index (χ1n) is 4.86. The second-order valence-electron chi connectivity index (χ2n) is 3.63. The summed E-state index contributed by atoms with van der Waals surface area (Å²) in [6.07, 6.45) is -7.46. The van der Waals surface area contributed by atoms with Crippen LogP contribution in [0.4, 0.5) is 13.2 Å². The molecule has 0 bridgehead atoms. The Labute approximate surface area is 94.6 Å². The number of halogens is 3. The van der Waals surface area contributed by atoms with E-state index in [4.69, 9.17) is 10.3 Å². The van der Waals surface area contributed by atoms with Gasteiger partial charge in [-0.15, -0.1) is 0 Å². The van der Waals surface area contributed by atoms with E-state index in [-0.39, 0.29) is 0 Å². The Bertz CT molecular complexity index is 468. The molecule has 90 valence electrons. The van der Waals surface area contributed by atoms with Gasteiger partial charge in [0.2, 0.25) is 0 Å². The molecule has 0 aliphatic carbocycles. The van der Waals surface area contributed by atoms with Crippen LogP contribution in [-0.2, 0) is 4.74 Å². The first-order chi connectivity index (χ1) is 8.01. The van der Waals surface area contributed by atoms with Crippen LogP contribution < -0.4 is 0 Å². The van der Waals surface area contributed by atoms with Gasteiger partial charge in [-0.05, 0) is 16.7 Å². The van der Waals surface area contributed by atoms with E-state index in [1.165, 1.54) is 0 Å². The van der Waals surface area contributed by atoms with Gasteiger partial charge in [0.25, 0.3) is 0 Å². The van der Waals surface area contributed by atoms with Crippen LogP contribution in [-0.4, -0.2) is 6.18 Å². The van der Waals surface area contributed by atoms with Crippen LogP contribution in [0.3, 0.4) is 0 Å². The zero-order valence-electron chi connectivity index (χ0n) is 8.55. The van der Waals surface area contributed by atoms with Crippen LogP contribution >= 0.6 is 0 Å². The predicted octanol–water partition coefficient (Wildman–Crippen LogP) is 4.02. The Morgan fingerprint density at radius 1 is 1.29 bits per heavy atom. The van der Waals surface area contributed by atoms with E-state index >= 15 is 0 Å². The molecule has 2 unspecified atom stereocenters. The second-order valence-corrected chi connectivity index (χ2v) is 3.63. The smallest absolute Gasteiger partial charge is 0.359 e. The van der Waals surface area contributed by atoms with Crippen LogP contribution in [0.1, 0.15) is 29.9 Å². The summed E-state index contributed by atoms with van der Waals surface area (Å²) in [6.45, 7) is 0. The number of rotatable bonds is 2. The fraction of sp³-hybridized carbons (Fsp3) is 0.400. The van der Waals surface area contributed by atoms with Crippen molar-refractivity contribution in [3.05, 3.63) is 45.8 Å². The maximum Gasteiger partial charge on any atom is 0.391 e. The molecule has 2 rings (SSSR count). The van der Waals surface area contributed by atoms with Crippen molar-refractivity contribution in [3.8, 4) is 0 Å². The summed E-state index contributed by atoms with van der Waals surface area (Å²) in [6, 6.07) is 6.45. The lowest BCUT2D eigenvalue weighted by Gasteiger charge is -2.14. The molecule has 2 atom stereocenters. The van der Waals surface area contributed by atoms with Crippen molar-refractivity contribution in [1.82, 2.24) is 0 Å². The highest BCUT2D eigenvalue weighted by molar-refractivity contribution is 5.34. The maximum absolute atomic E-state index is 12.3. The number of ether oxygens (including phenoxy) is 1. The van der Waals surface area contributed by atoms with E-state index in [1.807, 2.05) is 0 Å². The number of nitrogens with zero attached hydrogens (tertiary/aromatic N) is 3. The third kappa shape index (κ3) is 2.51. The van der Waals surface area contributed by atoms with Gasteiger partial charge in [0.1, 0.15) is 0 Å². The summed E-state index contributed by atoms with van der Waals surface area (Å²) in [5, 5.41) is 3.34. The molecule has 0 aromatic heterocycles. The van der Waals surface area contributed by atoms with Gasteiger partial charge in [0, 0.05) is 4.91 Å². The standard InChI is InChI=1S/C10H8F3N3O/c11-10(12,13)5-8-6-3-1-2-4-7(6)9(17-8)15-16-14/h1-4,8-9H,5H2. The molecule has 1 aliphatic heterocycles. The summed E-state index contributed by atoms with van der Waals surface area (Å²) in [7, 11) is 0. The molecule has 0 radical (unpaired) electrons. The van der Waals surface area contributed by atoms with Crippen molar-refractivity contribution in [2.45, 2.75) is 24.9 Å². The van der Waals surface area contributed by atoms with E-state index in [1.54, 1.807) is 24.3 Å². The van der Waals surface area contributed by atoms with Crippen molar-refractivity contribution >= 4 is 0 Å². The van der Waals surface area contributed by atoms with E-state index in [0.29, 0.717) is 11.1 Å². The summed E-state index contributed by atoms with van der Waals surface area (Å²) in [4.78, 5) is 2.57. The van der Waals surface area contributed by atoms with Gasteiger partial charge >= 0.3 is 6.18 Å². The minimum absolute atomic E-state index is 0.433. The molecule has 17 heavy (non-hydrogen) atoms. The van der Waals surface area contributed by atoms with Gasteiger partial charge in [0.15, 0.2) is 6.23 Å². The van der Waals surface area contributed by atoms with Gasteiger partial charge in [-0.2, -0.15) is 13.2 Å². The fourth-order valence-corrected chi connectivity index (χ4v) is 1.84. The minimum Gasteiger partial charge on any atom is -0.359 e. The van der Waals surface area contributed by atoms with E-state index in [0.717, 1.165) is 0 Å². The van der Waals surface area contributed by atoms with E-state index < -0.39 is 24.9 Å². The molecule has 1 aromatic rings. The van der Waals surface area contributed by atoms with Crippen LogP contribution in [0.15, 0.2) is 29.4 Å². The molecule has 0 fully saturated rings. The number of hydrogen-bond acceptors (Lipinski definition) is 2. The fourth-order valence-electron chi connectivity index (χ4n) is 1.84. The monoisotopic (exact) mass is 243 g/mol. The topological polar surface area (TPSA) is 58.0 Å². The quantitative estimate of drug-likeness (QED) is 0.439. The minimum atomic E-state index is -4.32. The van der Waals surface area contributed by atoms with Crippen LogP contribution in [0.25, 0.3) is 10.4 Å². The average Bonchev–Trinajstić information content (AvgIpc) is 2.56. The Kier molecular flexibility index (Phi) is 2.95. The normalized spacial score (nSPS) is 23.0. The summed E-state index contributed by atoms with van der Waals surface area (Å²) < 4.78 is 42.1. The molecule has 1 aliphatic rings. The Hall–Kier alpha value is -1.72. The number of hydrogen-bond donors (Lipinski definition) is 0. The second kappa shape index (κ2) is 4.27. The van der Waals surface area contributed by atoms with Crippen LogP contribution in [0.2, 0.25) is 0 Å². The number of fused-ring (bicyclic) bond motifs is 1. The van der Waals surface area contributed by atoms with E-state index in [2.05, 4.69) is 10.0 Å². The molecule has 0 amide bonds. The molecule has 4 nitrogen and oxygen atoms in total. The lowest BCUT2D eigenvalue weighted by Crippen LogP contribution is -2.13. The van der Waals surface area contributed by atoms with Crippen molar-refractivity contribution in [1.29, 1.82) is 0 Å². The summed E-state index contributed by atoms with van der Waals surface area (Å²) in [5.74, 6) is 0. The van der Waals surface area contributed by atoms with Crippen molar-refractivity contribution < 1.29 is 17.9 Å². The zero-order valence-corrected chi connectivity index (χ0v) is 8.55. The Morgan fingerprint density at radius 3 is 2.53 bits per heavy atom. The van der Waals surface area contributed by atoms with Gasteiger partial charge < -0.3 is 4.74 Å². The van der Waals surface area contributed by atoms with Gasteiger partial charge in [0.05, 0.1) is 12.5 Å². The number of azide groups is 1. The lowest BCUT2D eigenvalue weighted by atomic mass is 10.0. The highest BCUT2D eigenvalue weighted by Crippen LogP contribution is 2.44. The van der Waals surface area contributed by atoms with Gasteiger partial charge in [-0.25, -0.2) is 0 Å². The number of benzene rings is 1. The largest absolute Gasteiger partial charge is 0.391 e. The highest BCUT2D eigenvalue weighted by atomic mass is 19.4. The molecule has 0 saturated heterocycles. The predicted molar refractivity (Wildman–Crippen MR) is 52.8 cm³/mol. The molecule has 0 N–H and O–H groups in total. The third-order valence-electron chi connectivity index (χ3n) is 2.48. The van der Waals surface area contributed by atoms with Crippen molar-refractivity contribution in [3.63, 3.8) is 0 Å². The zero-order chi connectivity index (χ0) is 12.5. The molecule has 1 aromatic carbocycles. The van der Waals surface area contributed by atoms with Crippen molar-refractivity contribution in [2.75, 3.05) is 0 Å². The third-order valence-corrected chi connectivity index (χ3v) is 2.48. The Balaban J connectivity index is 2.31. The summed E-state index contributed by atoms with van der Waals surface area (Å²) in [5.41, 5.74) is 9.26. The molecule has 0 saturated carbocycles. The molecule has 0 spiro atoms. The number of alkyl halides is 3. The lowest BCUT2D eigenvalue weighted by molar-refractivity contribution is -0.164. The average molecular weight is 243 g/mol. The van der Waals surface area contributed by atoms with Gasteiger partial charge in [-0.1, -0.05) is 29.4 Å². The van der Waals surface area contributed by atoms with E-state index in [9.17, 15) is 13.2 Å². The summed E-state index contributed by atoms with van der Waals surface area (Å²) >= 11 is 0. The molecular formula is C10H8F3N3O. The van der Waals surface area contributed by atoms with Crippen molar-refractivity contribution in [2.24, 2.45) is 5.11 Å². The Morgan fingerprint density at radius 2 is 1.94 bits per heavy atom. The maximum atomic E-state index is 12.3. The molecule has 1 heterocycles. The first kappa shape index (κ1) is 11.8. The van der Waals surface area contributed by atoms with Crippen LogP contribution in [0, 0.1) is 0 Å². The van der Waals surface area contributed by atoms with Crippen LogP contribution in [0.5, 0.6) is 0 Å². The SMILES string of the molecule is [N-]=[N+]=NC1OC(CC(F)(F)F)c2ccccc21. The molecular weight excluding hydrogens is 235 g/mol. The first-order valence-corrected chi connectivity index (χ1v) is 4.86. The van der Waals surface area contributed by atoms with Gasteiger partial charge in [-0.3, -0.25) is 0 Å². The molecule has 7 heteroatoms.